The Morgan fingerprint density at radius 2 is 1.86 bits per heavy atom. The molecule has 0 spiro atoms. The van der Waals surface area contributed by atoms with Crippen molar-refractivity contribution >= 4 is 34.6 Å². The second-order valence-corrected chi connectivity index (χ2v) is 8.42. The minimum atomic E-state index is -0.212. The summed E-state index contributed by atoms with van der Waals surface area (Å²) in [6.07, 6.45) is 4.26. The molecule has 182 valence electrons. The number of H-pyrrole nitrogens is 1. The largest absolute Gasteiger partial charge is 0.496 e. The summed E-state index contributed by atoms with van der Waals surface area (Å²) in [5.41, 5.74) is 2.70. The summed E-state index contributed by atoms with van der Waals surface area (Å²) in [7, 11) is 4.80. The Morgan fingerprint density at radius 1 is 1.14 bits per heavy atom. The number of aromatic nitrogens is 2. The van der Waals surface area contributed by atoms with E-state index in [0.29, 0.717) is 64.5 Å². The number of amides is 1. The highest BCUT2D eigenvalue weighted by atomic mass is 32.1. The van der Waals surface area contributed by atoms with Crippen LogP contribution in [-0.4, -0.2) is 54.8 Å². The highest BCUT2D eigenvalue weighted by Crippen LogP contribution is 2.41. The van der Waals surface area contributed by atoms with Gasteiger partial charge in [-0.1, -0.05) is 12.2 Å². The minimum Gasteiger partial charge on any atom is -0.496 e. The van der Waals surface area contributed by atoms with E-state index in [2.05, 4.69) is 11.6 Å². The third-order valence-electron chi connectivity index (χ3n) is 6.07. The Hall–Kier alpha value is -3.85. The molecule has 0 atom stereocenters. The van der Waals surface area contributed by atoms with Crippen molar-refractivity contribution in [3.05, 3.63) is 75.3 Å². The smallest absolute Gasteiger partial charge is 0.262 e. The molecule has 1 amide bonds. The van der Waals surface area contributed by atoms with Crippen LogP contribution in [0.1, 0.15) is 22.3 Å². The van der Waals surface area contributed by atoms with Gasteiger partial charge in [-0.2, -0.15) is 0 Å². The Kier molecular flexibility index (Phi) is 7.07. The lowest BCUT2D eigenvalue weighted by atomic mass is 9.96. The molecule has 0 fully saturated rings. The summed E-state index contributed by atoms with van der Waals surface area (Å²) in [6, 6.07) is 8.66. The maximum absolute atomic E-state index is 13.2. The minimum absolute atomic E-state index is 0.120. The average molecular weight is 494 g/mol. The quantitative estimate of drug-likeness (QED) is 0.392. The van der Waals surface area contributed by atoms with Crippen molar-refractivity contribution in [2.45, 2.75) is 13.0 Å². The molecule has 0 radical (unpaired) electrons. The number of methoxy groups -OCH3 is 3. The van der Waals surface area contributed by atoms with Crippen LogP contribution in [0.15, 0.2) is 53.9 Å². The van der Waals surface area contributed by atoms with E-state index in [1.165, 1.54) is 4.57 Å². The monoisotopic (exact) mass is 493 g/mol. The van der Waals surface area contributed by atoms with Gasteiger partial charge in [-0.3, -0.25) is 14.2 Å². The van der Waals surface area contributed by atoms with Crippen molar-refractivity contribution in [3.8, 4) is 17.2 Å². The number of carbonyl (C=O) groups excluding carboxylic acids is 1. The first-order chi connectivity index (χ1) is 16.9. The molecule has 1 aliphatic heterocycles. The van der Waals surface area contributed by atoms with Gasteiger partial charge in [0.2, 0.25) is 0 Å². The van der Waals surface area contributed by atoms with E-state index in [1.54, 1.807) is 50.5 Å². The first-order valence-electron chi connectivity index (χ1n) is 11.1. The van der Waals surface area contributed by atoms with Gasteiger partial charge < -0.3 is 24.1 Å². The second kappa shape index (κ2) is 10.2. The molecule has 0 unspecified atom stereocenters. The number of aromatic amines is 1. The summed E-state index contributed by atoms with van der Waals surface area (Å²) in [6.45, 7) is 4.94. The molecule has 35 heavy (non-hydrogen) atoms. The molecule has 9 heteroatoms. The zero-order chi connectivity index (χ0) is 25.1. The van der Waals surface area contributed by atoms with Gasteiger partial charge in [0.05, 0.1) is 37.8 Å². The SMILES string of the molecule is C=CCn1c(=S)[nH]c2cc(C(=O)N3CC=C(c4c(OC)cc(OC)cc4OC)CC3)ccc2c1=O. The van der Waals surface area contributed by atoms with E-state index in [9.17, 15) is 9.59 Å². The molecule has 2 aromatic carbocycles. The fourth-order valence-electron chi connectivity index (χ4n) is 4.27. The van der Waals surface area contributed by atoms with Crippen LogP contribution in [0.25, 0.3) is 16.5 Å². The van der Waals surface area contributed by atoms with Crippen molar-refractivity contribution in [1.82, 2.24) is 14.5 Å². The lowest BCUT2D eigenvalue weighted by Crippen LogP contribution is -2.34. The van der Waals surface area contributed by atoms with E-state index < -0.39 is 0 Å². The van der Waals surface area contributed by atoms with Gasteiger partial charge in [-0.05, 0) is 42.4 Å². The van der Waals surface area contributed by atoms with Crippen LogP contribution in [0.3, 0.4) is 0 Å². The van der Waals surface area contributed by atoms with E-state index in [-0.39, 0.29) is 11.5 Å². The topological polar surface area (TPSA) is 85.8 Å². The normalized spacial score (nSPS) is 13.3. The van der Waals surface area contributed by atoms with Gasteiger partial charge in [0.1, 0.15) is 17.2 Å². The van der Waals surface area contributed by atoms with Crippen LogP contribution >= 0.6 is 12.2 Å². The molecule has 3 aromatic rings. The van der Waals surface area contributed by atoms with Gasteiger partial charge in [0.15, 0.2) is 4.77 Å². The average Bonchev–Trinajstić information content (AvgIpc) is 2.89. The number of hydrogen-bond acceptors (Lipinski definition) is 6. The van der Waals surface area contributed by atoms with Gasteiger partial charge in [-0.15, -0.1) is 6.58 Å². The number of benzene rings is 2. The number of rotatable bonds is 7. The standard InChI is InChI=1S/C26H27N3O5S/c1-5-10-29-25(31)19-7-6-17(13-20(19)27-26(29)35)24(30)28-11-8-16(9-12-28)23-21(33-3)14-18(32-2)15-22(23)34-4/h5-8,13-15H,1,9-12H2,2-4H3,(H,27,35). The molecular formula is C26H27N3O5S. The van der Waals surface area contributed by atoms with E-state index in [0.717, 1.165) is 11.1 Å². The molecule has 0 saturated heterocycles. The van der Waals surface area contributed by atoms with E-state index in [4.69, 9.17) is 26.4 Å². The summed E-state index contributed by atoms with van der Waals surface area (Å²) < 4.78 is 18.2. The molecular weight excluding hydrogens is 466 g/mol. The zero-order valence-electron chi connectivity index (χ0n) is 19.9. The highest BCUT2D eigenvalue weighted by Gasteiger charge is 2.24. The van der Waals surface area contributed by atoms with Gasteiger partial charge in [0, 0.05) is 37.3 Å². The maximum Gasteiger partial charge on any atom is 0.262 e. The van der Waals surface area contributed by atoms with E-state index >= 15 is 0 Å². The first kappa shape index (κ1) is 24.3. The highest BCUT2D eigenvalue weighted by molar-refractivity contribution is 7.71. The molecule has 4 rings (SSSR count). The Morgan fingerprint density at radius 3 is 2.43 bits per heavy atom. The van der Waals surface area contributed by atoms with Crippen molar-refractivity contribution in [2.24, 2.45) is 0 Å². The second-order valence-electron chi connectivity index (χ2n) is 8.03. The van der Waals surface area contributed by atoms with Gasteiger partial charge in [-0.25, -0.2) is 0 Å². The zero-order valence-corrected chi connectivity index (χ0v) is 20.7. The fraction of sp³-hybridized carbons (Fsp3) is 0.269. The number of nitrogens with zero attached hydrogens (tertiary/aromatic N) is 2. The van der Waals surface area contributed by atoms with E-state index in [1.807, 2.05) is 18.2 Å². The number of allylic oxidation sites excluding steroid dienone is 1. The predicted octanol–water partition coefficient (Wildman–Crippen LogP) is 4.20. The summed E-state index contributed by atoms with van der Waals surface area (Å²) in [5.74, 6) is 1.82. The third-order valence-corrected chi connectivity index (χ3v) is 6.40. The third kappa shape index (κ3) is 4.59. The molecule has 0 bridgehead atoms. The molecule has 8 nitrogen and oxygen atoms in total. The molecule has 2 heterocycles. The van der Waals surface area contributed by atoms with Gasteiger partial charge in [0.25, 0.3) is 11.5 Å². The Balaban J connectivity index is 1.61. The summed E-state index contributed by atoms with van der Waals surface area (Å²) in [4.78, 5) is 30.8. The van der Waals surface area contributed by atoms with Crippen molar-refractivity contribution in [3.63, 3.8) is 0 Å². The summed E-state index contributed by atoms with van der Waals surface area (Å²) in [5, 5.41) is 0.469. The van der Waals surface area contributed by atoms with Crippen LogP contribution in [-0.2, 0) is 6.54 Å². The summed E-state index contributed by atoms with van der Waals surface area (Å²) >= 11 is 5.31. The lowest BCUT2D eigenvalue weighted by Gasteiger charge is -2.28. The molecule has 1 aromatic heterocycles. The van der Waals surface area contributed by atoms with Crippen LogP contribution in [0.4, 0.5) is 0 Å². The maximum atomic E-state index is 13.2. The van der Waals surface area contributed by atoms with Crippen LogP contribution in [0.5, 0.6) is 17.2 Å². The Bertz CT molecular complexity index is 1430. The number of hydrogen-bond donors (Lipinski definition) is 1. The van der Waals surface area contributed by atoms with Crippen molar-refractivity contribution in [1.29, 1.82) is 0 Å². The molecule has 0 aliphatic carbocycles. The fourth-order valence-corrected chi connectivity index (χ4v) is 4.54. The van der Waals surface area contributed by atoms with Crippen LogP contribution < -0.4 is 19.8 Å². The van der Waals surface area contributed by atoms with Gasteiger partial charge >= 0.3 is 0 Å². The number of carbonyl (C=O) groups is 1. The molecule has 1 aliphatic rings. The Labute approximate surface area is 208 Å². The van der Waals surface area contributed by atoms with Crippen LogP contribution in [0, 0.1) is 4.77 Å². The number of ether oxygens (including phenoxy) is 3. The number of nitrogens with one attached hydrogen (secondary N) is 1. The van der Waals surface area contributed by atoms with Crippen molar-refractivity contribution in [2.75, 3.05) is 34.4 Å². The van der Waals surface area contributed by atoms with Crippen LogP contribution in [0.2, 0.25) is 0 Å². The van der Waals surface area contributed by atoms with Crippen molar-refractivity contribution < 1.29 is 19.0 Å². The molecule has 1 N–H and O–H groups in total. The lowest BCUT2D eigenvalue weighted by molar-refractivity contribution is 0.0773. The predicted molar refractivity (Wildman–Crippen MR) is 138 cm³/mol. The molecule has 0 saturated carbocycles. The number of fused-ring (bicyclic) bond motifs is 1. The first-order valence-corrected chi connectivity index (χ1v) is 11.5.